The van der Waals surface area contributed by atoms with Crippen LogP contribution < -0.4 is 4.74 Å². The topological polar surface area (TPSA) is 96.8 Å². The molecule has 7 heteroatoms. The number of hydrogen-bond acceptors (Lipinski definition) is 5. The van der Waals surface area contributed by atoms with Gasteiger partial charge in [0.2, 0.25) is 5.91 Å². The third kappa shape index (κ3) is 6.22. The smallest absolute Gasteiger partial charge is 0.310 e. The number of allylic oxidation sites excluding steroid dienone is 2. The maximum Gasteiger partial charge on any atom is 0.310 e. The normalized spacial score (nSPS) is 28.8. The summed E-state index contributed by atoms with van der Waals surface area (Å²) in [5, 5.41) is 11.1. The van der Waals surface area contributed by atoms with E-state index in [4.69, 9.17) is 4.74 Å². The molecule has 3 aliphatic rings. The highest BCUT2D eigenvalue weighted by Gasteiger charge is 2.61. The third-order valence-corrected chi connectivity index (χ3v) is 9.58. The van der Waals surface area contributed by atoms with Crippen molar-refractivity contribution in [3.05, 3.63) is 84.1 Å². The monoisotopic (exact) mass is 580 g/mol. The van der Waals surface area contributed by atoms with E-state index in [0.29, 0.717) is 31.6 Å². The van der Waals surface area contributed by atoms with Crippen LogP contribution in [0, 0.1) is 24.2 Å². The number of ether oxygens (including phenoxy) is 1. The number of carbonyl (C=O) groups is 3. The lowest BCUT2D eigenvalue weighted by Crippen LogP contribution is -2.45. The molecule has 3 aromatic rings. The molecule has 5 atom stereocenters. The summed E-state index contributed by atoms with van der Waals surface area (Å²) in [6.45, 7) is 2.31. The predicted octanol–water partition coefficient (Wildman–Crippen LogP) is 6.32. The highest BCUT2D eigenvalue weighted by Crippen LogP contribution is 2.57. The Morgan fingerprint density at radius 2 is 1.93 bits per heavy atom. The van der Waals surface area contributed by atoms with Crippen LogP contribution in [0.1, 0.15) is 62.5 Å². The number of nitrogens with zero attached hydrogens (tertiary/aromatic N) is 2. The Morgan fingerprint density at radius 3 is 2.74 bits per heavy atom. The number of carbonyl (C=O) groups excluding carboxylic acids is 2. The molecule has 1 aromatic heterocycles. The molecule has 1 saturated heterocycles. The molecule has 1 amide bonds. The molecule has 0 spiro atoms. The molecule has 1 aliphatic carbocycles. The second kappa shape index (κ2) is 12.3. The minimum atomic E-state index is -1.08. The molecule has 0 bridgehead atoms. The largest absolute Gasteiger partial charge is 0.488 e. The van der Waals surface area contributed by atoms with E-state index in [0.717, 1.165) is 54.1 Å². The zero-order valence-corrected chi connectivity index (χ0v) is 24.8. The van der Waals surface area contributed by atoms with Crippen LogP contribution in [-0.2, 0) is 20.8 Å². The Labute approximate surface area is 252 Å². The van der Waals surface area contributed by atoms with Crippen LogP contribution in [0.4, 0.5) is 0 Å². The zero-order valence-electron chi connectivity index (χ0n) is 24.8. The van der Waals surface area contributed by atoms with E-state index in [1.807, 2.05) is 67.6 Å². The van der Waals surface area contributed by atoms with E-state index in [1.54, 1.807) is 11.1 Å². The van der Waals surface area contributed by atoms with Crippen LogP contribution in [0.15, 0.2) is 72.9 Å². The van der Waals surface area contributed by atoms with Crippen molar-refractivity contribution in [3.8, 4) is 5.75 Å². The molecule has 43 heavy (non-hydrogen) atoms. The van der Waals surface area contributed by atoms with Gasteiger partial charge in [-0.25, -0.2) is 0 Å². The predicted molar refractivity (Wildman–Crippen MR) is 165 cm³/mol. The molecule has 0 radical (unpaired) electrons. The van der Waals surface area contributed by atoms with Crippen molar-refractivity contribution in [3.63, 3.8) is 0 Å². The van der Waals surface area contributed by atoms with Gasteiger partial charge in [-0.2, -0.15) is 0 Å². The first kappa shape index (κ1) is 29.1. The fourth-order valence-corrected chi connectivity index (χ4v) is 7.02. The van der Waals surface area contributed by atoms with Gasteiger partial charge < -0.3 is 14.7 Å². The Bertz CT molecular complexity index is 1540. The average molecular weight is 581 g/mol. The van der Waals surface area contributed by atoms with Crippen LogP contribution in [-0.4, -0.2) is 51.3 Å². The molecule has 2 fully saturated rings. The van der Waals surface area contributed by atoms with Crippen molar-refractivity contribution in [1.82, 2.24) is 9.88 Å². The highest BCUT2D eigenvalue weighted by molar-refractivity contribution is 5.95. The van der Waals surface area contributed by atoms with Gasteiger partial charge in [0.1, 0.15) is 11.9 Å². The van der Waals surface area contributed by atoms with Crippen LogP contribution in [0.3, 0.4) is 0 Å². The van der Waals surface area contributed by atoms with Crippen LogP contribution >= 0.6 is 0 Å². The summed E-state index contributed by atoms with van der Waals surface area (Å²) in [6, 6.07) is 17.2. The molecule has 6 rings (SSSR count). The summed E-state index contributed by atoms with van der Waals surface area (Å²) in [5.74, 6) is -0.871. The lowest BCUT2D eigenvalue weighted by atomic mass is 9.90. The molecule has 224 valence electrons. The second-order valence-corrected chi connectivity index (χ2v) is 12.7. The van der Waals surface area contributed by atoms with Crippen molar-refractivity contribution in [2.75, 3.05) is 6.54 Å². The van der Waals surface area contributed by atoms with E-state index in [-0.39, 0.29) is 29.9 Å². The van der Waals surface area contributed by atoms with E-state index in [9.17, 15) is 19.5 Å². The second-order valence-electron chi connectivity index (χ2n) is 12.7. The Kier molecular flexibility index (Phi) is 8.33. The van der Waals surface area contributed by atoms with Crippen molar-refractivity contribution in [1.29, 1.82) is 0 Å². The number of Topliss-reactive ketones (excluding diaryl/α,β-unsaturated/α-hetero) is 1. The van der Waals surface area contributed by atoms with E-state index >= 15 is 0 Å². The molecule has 2 aliphatic heterocycles. The molecule has 0 unspecified atom stereocenters. The lowest BCUT2D eigenvalue weighted by Gasteiger charge is -2.29. The number of aromatic nitrogens is 1. The van der Waals surface area contributed by atoms with Crippen LogP contribution in [0.2, 0.25) is 0 Å². The summed E-state index contributed by atoms with van der Waals surface area (Å²) in [6.07, 6.45) is 11.3. The Morgan fingerprint density at radius 1 is 1.09 bits per heavy atom. The molecule has 3 heterocycles. The fourth-order valence-electron chi connectivity index (χ4n) is 7.02. The summed E-state index contributed by atoms with van der Waals surface area (Å²) < 4.78 is 6.52. The maximum atomic E-state index is 14.3. The van der Waals surface area contributed by atoms with Gasteiger partial charge in [0.15, 0.2) is 5.78 Å². The fraction of sp³-hybridized carbons (Fsp3) is 0.444. The number of aryl methyl sites for hydroxylation is 1. The number of pyridine rings is 1. The number of amides is 1. The summed E-state index contributed by atoms with van der Waals surface area (Å²) >= 11 is 0. The van der Waals surface area contributed by atoms with Crippen molar-refractivity contribution in [2.24, 2.45) is 17.3 Å². The molecule has 1 N–H and O–H groups in total. The van der Waals surface area contributed by atoms with Gasteiger partial charge in [-0.05, 0) is 74.3 Å². The van der Waals surface area contributed by atoms with E-state index < -0.39 is 23.5 Å². The van der Waals surface area contributed by atoms with Gasteiger partial charge in [0, 0.05) is 30.3 Å². The number of rotatable bonds is 5. The van der Waals surface area contributed by atoms with Crippen LogP contribution in [0.25, 0.3) is 10.9 Å². The molecule has 7 nitrogen and oxygen atoms in total. The number of aliphatic carboxylic acids is 1. The Balaban J connectivity index is 1.31. The quantitative estimate of drug-likeness (QED) is 0.355. The highest BCUT2D eigenvalue weighted by atomic mass is 16.5. The number of carboxylic acid groups (broad SMARTS) is 1. The summed E-state index contributed by atoms with van der Waals surface area (Å²) in [4.78, 5) is 47.0. The SMILES string of the molecule is Cc1ccc2c(O[C@@H]3C[C@H]4C(=O)C[C@]5(C(=O)O)C[C@H]5/C=C\CCCCC[C@H](Cc5ccccc5)C(=O)N4C3)ccnc2c1. The number of carboxylic acids is 1. The summed E-state index contributed by atoms with van der Waals surface area (Å²) in [7, 11) is 0. The standard InChI is InChI=1S/C36H40N2O5/c1-24-14-15-29-30(18-24)37-17-16-33(29)43-28-20-31-32(39)22-36(35(41)42)21-27(36)13-9-4-2-3-8-12-26(34(40)38(31)23-28)19-25-10-6-5-7-11-25/h5-7,9-11,13-18,26-28,31H,2-4,8,12,19-23H2,1H3,(H,41,42)/b13-9-/t26-,27-,28-,31+,36-/m1/s1. The number of ketones is 1. The number of hydrogen-bond donors (Lipinski definition) is 1. The maximum absolute atomic E-state index is 14.3. The molecular formula is C36H40N2O5. The van der Waals surface area contributed by atoms with Crippen molar-refractivity contribution < 1.29 is 24.2 Å². The molecule has 2 aromatic carbocycles. The van der Waals surface area contributed by atoms with Gasteiger partial charge in [-0.3, -0.25) is 19.4 Å². The number of fused-ring (bicyclic) bond motifs is 3. The van der Waals surface area contributed by atoms with Gasteiger partial charge >= 0.3 is 5.97 Å². The number of benzene rings is 2. The van der Waals surface area contributed by atoms with Crippen molar-refractivity contribution >= 4 is 28.6 Å². The Hall–Kier alpha value is -4.00. The minimum Gasteiger partial charge on any atom is -0.488 e. The van der Waals surface area contributed by atoms with Gasteiger partial charge in [0.25, 0.3) is 0 Å². The lowest BCUT2D eigenvalue weighted by molar-refractivity contribution is -0.147. The van der Waals surface area contributed by atoms with Gasteiger partial charge in [-0.15, -0.1) is 0 Å². The van der Waals surface area contributed by atoms with E-state index in [1.165, 1.54) is 0 Å². The first-order chi connectivity index (χ1) is 20.8. The zero-order chi connectivity index (χ0) is 30.0. The van der Waals surface area contributed by atoms with Gasteiger partial charge in [0.05, 0.1) is 23.5 Å². The van der Waals surface area contributed by atoms with E-state index in [2.05, 4.69) is 11.1 Å². The molecule has 1 saturated carbocycles. The average Bonchev–Trinajstić information content (AvgIpc) is 3.53. The first-order valence-corrected chi connectivity index (χ1v) is 15.6. The third-order valence-electron chi connectivity index (χ3n) is 9.58. The first-order valence-electron chi connectivity index (χ1n) is 15.6. The summed E-state index contributed by atoms with van der Waals surface area (Å²) in [5.41, 5.74) is 1.95. The van der Waals surface area contributed by atoms with Gasteiger partial charge in [-0.1, -0.05) is 61.4 Å². The van der Waals surface area contributed by atoms with Crippen LogP contribution in [0.5, 0.6) is 5.75 Å². The van der Waals surface area contributed by atoms with Crippen molar-refractivity contribution in [2.45, 2.75) is 76.9 Å². The minimum absolute atomic E-state index is 0.0340. The molecular weight excluding hydrogens is 540 g/mol.